The molecule has 1 amide bonds. The molecule has 0 aliphatic heterocycles. The quantitative estimate of drug-likeness (QED) is 0.798. The normalized spacial score (nSPS) is 10.5. The Bertz CT molecular complexity index is 870. The van der Waals surface area contributed by atoms with Crippen LogP contribution in [0.5, 0.6) is 0 Å². The van der Waals surface area contributed by atoms with Gasteiger partial charge in [-0.2, -0.15) is 0 Å². The number of hydrogen-bond acceptors (Lipinski definition) is 4. The Labute approximate surface area is 136 Å². The fraction of sp³-hybridized carbons (Fsp3) is 0.0625. The zero-order valence-corrected chi connectivity index (χ0v) is 12.7. The van der Waals surface area contributed by atoms with Gasteiger partial charge in [-0.3, -0.25) is 9.59 Å². The van der Waals surface area contributed by atoms with Gasteiger partial charge < -0.3 is 14.4 Å². The molecule has 2 heterocycles. The van der Waals surface area contributed by atoms with Crippen LogP contribution in [-0.4, -0.2) is 15.6 Å². The van der Waals surface area contributed by atoms with Gasteiger partial charge in [0.15, 0.2) is 5.82 Å². The second kappa shape index (κ2) is 6.50. The predicted molar refractivity (Wildman–Crippen MR) is 85.7 cm³/mol. The standard InChI is InChI=1S/C16H12ClN3O3/c17-13-4-1-11(2-5-13)9-20-10-12(3-6-15(20)21)16(22)18-14-7-8-23-19-14/h1-8,10H,9H2,(H,18,19,22). The first-order valence-corrected chi connectivity index (χ1v) is 7.16. The summed E-state index contributed by atoms with van der Waals surface area (Å²) in [5.41, 5.74) is 1.06. The number of carbonyl (C=O) groups excluding carboxylic acids is 1. The third-order valence-corrected chi connectivity index (χ3v) is 3.44. The first-order chi connectivity index (χ1) is 11.1. The molecule has 0 aliphatic rings. The van der Waals surface area contributed by atoms with Crippen LogP contribution < -0.4 is 10.9 Å². The van der Waals surface area contributed by atoms with Crippen molar-refractivity contribution in [3.63, 3.8) is 0 Å². The summed E-state index contributed by atoms with van der Waals surface area (Å²) in [6.07, 6.45) is 2.86. The molecule has 116 valence electrons. The molecular weight excluding hydrogens is 318 g/mol. The maximum atomic E-state index is 12.1. The Kier molecular flexibility index (Phi) is 4.25. The van der Waals surface area contributed by atoms with Crippen molar-refractivity contribution in [3.8, 4) is 0 Å². The van der Waals surface area contributed by atoms with Crippen LogP contribution >= 0.6 is 11.6 Å². The molecule has 0 unspecified atom stereocenters. The van der Waals surface area contributed by atoms with Crippen molar-refractivity contribution in [2.24, 2.45) is 0 Å². The summed E-state index contributed by atoms with van der Waals surface area (Å²) in [7, 11) is 0. The van der Waals surface area contributed by atoms with E-state index in [4.69, 9.17) is 11.6 Å². The van der Waals surface area contributed by atoms with E-state index >= 15 is 0 Å². The molecule has 7 heteroatoms. The predicted octanol–water partition coefficient (Wildman–Crippen LogP) is 2.79. The number of amides is 1. The van der Waals surface area contributed by atoms with E-state index < -0.39 is 0 Å². The monoisotopic (exact) mass is 329 g/mol. The molecule has 23 heavy (non-hydrogen) atoms. The van der Waals surface area contributed by atoms with Crippen LogP contribution in [0.3, 0.4) is 0 Å². The van der Waals surface area contributed by atoms with E-state index in [0.717, 1.165) is 5.56 Å². The molecule has 0 radical (unpaired) electrons. The van der Waals surface area contributed by atoms with E-state index in [1.807, 2.05) is 12.1 Å². The highest BCUT2D eigenvalue weighted by molar-refractivity contribution is 6.30. The number of nitrogens with one attached hydrogen (secondary N) is 1. The molecule has 0 saturated carbocycles. The van der Waals surface area contributed by atoms with Crippen molar-refractivity contribution in [1.82, 2.24) is 9.72 Å². The number of carbonyl (C=O) groups is 1. The minimum Gasteiger partial charge on any atom is -0.363 e. The van der Waals surface area contributed by atoms with Crippen molar-refractivity contribution in [2.75, 3.05) is 5.32 Å². The maximum absolute atomic E-state index is 12.1. The van der Waals surface area contributed by atoms with Gasteiger partial charge in [-0.1, -0.05) is 28.9 Å². The number of halogens is 1. The Morgan fingerprint density at radius 2 is 1.96 bits per heavy atom. The van der Waals surface area contributed by atoms with Gasteiger partial charge in [-0.05, 0) is 23.8 Å². The summed E-state index contributed by atoms with van der Waals surface area (Å²) in [6, 6.07) is 11.5. The fourth-order valence-electron chi connectivity index (χ4n) is 2.04. The molecule has 0 aliphatic carbocycles. The number of rotatable bonds is 4. The van der Waals surface area contributed by atoms with E-state index in [-0.39, 0.29) is 11.5 Å². The zero-order chi connectivity index (χ0) is 16.2. The number of nitrogens with zero attached hydrogens (tertiary/aromatic N) is 2. The molecule has 0 fully saturated rings. The number of hydrogen-bond donors (Lipinski definition) is 1. The molecule has 1 N–H and O–H groups in total. The number of benzene rings is 1. The highest BCUT2D eigenvalue weighted by Gasteiger charge is 2.10. The van der Waals surface area contributed by atoms with E-state index in [1.165, 1.54) is 35.2 Å². The lowest BCUT2D eigenvalue weighted by atomic mass is 10.2. The molecule has 2 aromatic heterocycles. The molecule has 1 aromatic carbocycles. The number of anilines is 1. The van der Waals surface area contributed by atoms with Crippen LogP contribution in [0.15, 0.2) is 64.2 Å². The van der Waals surface area contributed by atoms with E-state index in [1.54, 1.807) is 12.1 Å². The first kappa shape index (κ1) is 15.1. The molecule has 3 rings (SSSR count). The molecule has 0 saturated heterocycles. The van der Waals surface area contributed by atoms with Gasteiger partial charge in [0.1, 0.15) is 6.26 Å². The highest BCUT2D eigenvalue weighted by atomic mass is 35.5. The molecule has 3 aromatic rings. The van der Waals surface area contributed by atoms with Gasteiger partial charge in [0.25, 0.3) is 11.5 Å². The Balaban J connectivity index is 1.82. The second-order valence-corrected chi connectivity index (χ2v) is 5.29. The van der Waals surface area contributed by atoms with Crippen molar-refractivity contribution in [1.29, 1.82) is 0 Å². The molecule has 0 bridgehead atoms. The number of aromatic nitrogens is 2. The van der Waals surface area contributed by atoms with Gasteiger partial charge >= 0.3 is 0 Å². The lowest BCUT2D eigenvalue weighted by Crippen LogP contribution is -2.22. The number of pyridine rings is 1. The minimum absolute atomic E-state index is 0.196. The van der Waals surface area contributed by atoms with Crippen LogP contribution in [0, 0.1) is 0 Å². The Hall–Kier alpha value is -2.86. The lowest BCUT2D eigenvalue weighted by molar-refractivity contribution is 0.102. The summed E-state index contributed by atoms with van der Waals surface area (Å²) < 4.78 is 6.11. The van der Waals surface area contributed by atoms with Crippen molar-refractivity contribution < 1.29 is 9.32 Å². The van der Waals surface area contributed by atoms with Crippen LogP contribution in [0.1, 0.15) is 15.9 Å². The van der Waals surface area contributed by atoms with Crippen LogP contribution in [-0.2, 0) is 6.54 Å². The third-order valence-electron chi connectivity index (χ3n) is 3.19. The van der Waals surface area contributed by atoms with E-state index in [9.17, 15) is 9.59 Å². The summed E-state index contributed by atoms with van der Waals surface area (Å²) in [5, 5.41) is 6.82. The molecule has 0 spiro atoms. The average Bonchev–Trinajstić information content (AvgIpc) is 3.04. The SMILES string of the molecule is O=C(Nc1ccon1)c1ccc(=O)n(Cc2ccc(Cl)cc2)c1. The topological polar surface area (TPSA) is 77.1 Å². The van der Waals surface area contributed by atoms with Crippen molar-refractivity contribution in [2.45, 2.75) is 6.54 Å². The first-order valence-electron chi connectivity index (χ1n) is 6.78. The Morgan fingerprint density at radius 3 is 2.65 bits per heavy atom. The minimum atomic E-state index is -0.372. The fourth-order valence-corrected chi connectivity index (χ4v) is 2.17. The summed E-state index contributed by atoms with van der Waals surface area (Å²) in [6.45, 7) is 0.348. The largest absolute Gasteiger partial charge is 0.363 e. The second-order valence-electron chi connectivity index (χ2n) is 4.85. The van der Waals surface area contributed by atoms with Gasteiger partial charge in [0.2, 0.25) is 0 Å². The van der Waals surface area contributed by atoms with E-state index in [0.29, 0.717) is 22.9 Å². The third kappa shape index (κ3) is 3.67. The average molecular weight is 330 g/mol. The molecule has 0 atom stereocenters. The molecular formula is C16H12ClN3O3. The van der Waals surface area contributed by atoms with Crippen molar-refractivity contribution in [3.05, 3.63) is 81.4 Å². The van der Waals surface area contributed by atoms with Gasteiger partial charge in [-0.15, -0.1) is 0 Å². The van der Waals surface area contributed by atoms with Gasteiger partial charge in [0, 0.05) is 23.4 Å². The van der Waals surface area contributed by atoms with Crippen LogP contribution in [0.25, 0.3) is 0 Å². The maximum Gasteiger partial charge on any atom is 0.258 e. The smallest absolute Gasteiger partial charge is 0.258 e. The zero-order valence-electron chi connectivity index (χ0n) is 11.9. The van der Waals surface area contributed by atoms with Gasteiger partial charge in [0.05, 0.1) is 12.1 Å². The van der Waals surface area contributed by atoms with Gasteiger partial charge in [-0.25, -0.2) is 0 Å². The summed E-state index contributed by atoms with van der Waals surface area (Å²) in [5.74, 6) is -0.0609. The lowest BCUT2D eigenvalue weighted by Gasteiger charge is -2.08. The molecule has 6 nitrogen and oxygen atoms in total. The Morgan fingerprint density at radius 1 is 1.17 bits per heavy atom. The van der Waals surface area contributed by atoms with Crippen LogP contribution in [0.2, 0.25) is 5.02 Å². The summed E-state index contributed by atoms with van der Waals surface area (Å²) >= 11 is 5.85. The van der Waals surface area contributed by atoms with Crippen molar-refractivity contribution >= 4 is 23.3 Å². The van der Waals surface area contributed by atoms with E-state index in [2.05, 4.69) is 15.0 Å². The summed E-state index contributed by atoms with van der Waals surface area (Å²) in [4.78, 5) is 24.1. The van der Waals surface area contributed by atoms with Crippen LogP contribution in [0.4, 0.5) is 5.82 Å². The highest BCUT2D eigenvalue weighted by Crippen LogP contribution is 2.11.